The van der Waals surface area contributed by atoms with Crippen molar-refractivity contribution in [1.29, 1.82) is 0 Å². The van der Waals surface area contributed by atoms with Gasteiger partial charge >= 0.3 is 0 Å². The van der Waals surface area contributed by atoms with Crippen LogP contribution >= 0.6 is 11.3 Å². The Morgan fingerprint density at radius 2 is 2.38 bits per heavy atom. The summed E-state index contributed by atoms with van der Waals surface area (Å²) in [5.41, 5.74) is 2.53. The molecule has 2 heterocycles. The lowest BCUT2D eigenvalue weighted by Crippen LogP contribution is -2.37. The standard InChI is InChI=1S/C11H16N2O2S/c14-11(8-10-2-1-7-16-10)13-15-9-3-5-12-6-4-9/h1-2,7,9,12H,3-6,8H2,(H,13,14). The summed E-state index contributed by atoms with van der Waals surface area (Å²) in [6.07, 6.45) is 2.48. The molecule has 1 saturated heterocycles. The van der Waals surface area contributed by atoms with Crippen molar-refractivity contribution in [3.63, 3.8) is 0 Å². The lowest BCUT2D eigenvalue weighted by molar-refractivity contribution is -0.139. The van der Waals surface area contributed by atoms with E-state index in [2.05, 4.69) is 10.8 Å². The summed E-state index contributed by atoms with van der Waals surface area (Å²) in [6, 6.07) is 3.90. The van der Waals surface area contributed by atoms with Crippen molar-refractivity contribution >= 4 is 17.2 Å². The van der Waals surface area contributed by atoms with Crippen LogP contribution in [0.1, 0.15) is 17.7 Å². The van der Waals surface area contributed by atoms with Crippen molar-refractivity contribution in [2.45, 2.75) is 25.4 Å². The van der Waals surface area contributed by atoms with E-state index in [1.54, 1.807) is 11.3 Å². The normalized spacial score (nSPS) is 17.2. The molecule has 0 aliphatic carbocycles. The molecule has 5 heteroatoms. The lowest BCUT2D eigenvalue weighted by Gasteiger charge is -2.22. The third-order valence-electron chi connectivity index (χ3n) is 2.54. The summed E-state index contributed by atoms with van der Waals surface area (Å²) in [7, 11) is 0. The molecule has 1 aliphatic heterocycles. The fraction of sp³-hybridized carbons (Fsp3) is 0.545. The number of hydroxylamine groups is 1. The molecule has 0 spiro atoms. The van der Waals surface area contributed by atoms with Crippen molar-refractivity contribution in [3.8, 4) is 0 Å². The van der Waals surface area contributed by atoms with E-state index in [0.717, 1.165) is 30.8 Å². The second-order valence-corrected chi connectivity index (χ2v) is 4.88. The van der Waals surface area contributed by atoms with Gasteiger partial charge in [-0.15, -0.1) is 11.3 Å². The minimum Gasteiger partial charge on any atom is -0.317 e. The Labute approximate surface area is 98.9 Å². The van der Waals surface area contributed by atoms with E-state index in [0.29, 0.717) is 6.42 Å². The van der Waals surface area contributed by atoms with Crippen molar-refractivity contribution in [2.75, 3.05) is 13.1 Å². The van der Waals surface area contributed by atoms with E-state index < -0.39 is 0 Å². The number of nitrogens with one attached hydrogen (secondary N) is 2. The second kappa shape index (κ2) is 5.98. The molecule has 88 valence electrons. The van der Waals surface area contributed by atoms with Crippen LogP contribution in [0.5, 0.6) is 0 Å². The van der Waals surface area contributed by atoms with Crippen LogP contribution in [0.3, 0.4) is 0 Å². The van der Waals surface area contributed by atoms with E-state index in [-0.39, 0.29) is 12.0 Å². The first kappa shape index (κ1) is 11.6. The molecule has 0 bridgehead atoms. The van der Waals surface area contributed by atoms with Crippen LogP contribution in [-0.4, -0.2) is 25.1 Å². The zero-order valence-electron chi connectivity index (χ0n) is 9.07. The van der Waals surface area contributed by atoms with Crippen LogP contribution in [0.25, 0.3) is 0 Å². The predicted molar refractivity (Wildman–Crippen MR) is 63.1 cm³/mol. The number of piperidine rings is 1. The van der Waals surface area contributed by atoms with Gasteiger partial charge in [-0.2, -0.15) is 0 Å². The van der Waals surface area contributed by atoms with Gasteiger partial charge < -0.3 is 5.32 Å². The molecule has 0 unspecified atom stereocenters. The molecular weight excluding hydrogens is 224 g/mol. The maximum Gasteiger partial charge on any atom is 0.248 e. The summed E-state index contributed by atoms with van der Waals surface area (Å²) in [4.78, 5) is 17.9. The van der Waals surface area contributed by atoms with E-state index in [1.807, 2.05) is 17.5 Å². The van der Waals surface area contributed by atoms with E-state index in [9.17, 15) is 4.79 Å². The molecule has 2 rings (SSSR count). The molecule has 0 aromatic carbocycles. The van der Waals surface area contributed by atoms with Gasteiger partial charge in [0.05, 0.1) is 12.5 Å². The Balaban J connectivity index is 1.67. The van der Waals surface area contributed by atoms with Gasteiger partial charge in [0.1, 0.15) is 0 Å². The molecule has 0 saturated carbocycles. The van der Waals surface area contributed by atoms with Gasteiger partial charge in [-0.25, -0.2) is 5.48 Å². The van der Waals surface area contributed by atoms with Gasteiger partial charge in [-0.1, -0.05) is 6.07 Å². The first-order chi connectivity index (χ1) is 7.84. The first-order valence-electron chi connectivity index (χ1n) is 5.52. The zero-order valence-corrected chi connectivity index (χ0v) is 9.89. The third-order valence-corrected chi connectivity index (χ3v) is 3.42. The van der Waals surface area contributed by atoms with Crippen molar-refractivity contribution in [2.24, 2.45) is 0 Å². The molecule has 1 fully saturated rings. The van der Waals surface area contributed by atoms with Crippen LogP contribution < -0.4 is 10.8 Å². The van der Waals surface area contributed by atoms with Crippen LogP contribution in [-0.2, 0) is 16.1 Å². The number of amides is 1. The molecule has 1 aromatic rings. The topological polar surface area (TPSA) is 50.4 Å². The number of carbonyl (C=O) groups excluding carboxylic acids is 1. The average Bonchev–Trinajstić information content (AvgIpc) is 2.81. The smallest absolute Gasteiger partial charge is 0.248 e. The first-order valence-corrected chi connectivity index (χ1v) is 6.40. The third kappa shape index (κ3) is 3.59. The molecule has 2 N–H and O–H groups in total. The molecule has 0 radical (unpaired) electrons. The van der Waals surface area contributed by atoms with Crippen molar-refractivity contribution < 1.29 is 9.63 Å². The number of hydrogen-bond donors (Lipinski definition) is 2. The van der Waals surface area contributed by atoms with Gasteiger partial charge in [0.2, 0.25) is 5.91 Å². The highest BCUT2D eigenvalue weighted by atomic mass is 32.1. The van der Waals surface area contributed by atoms with Gasteiger partial charge in [0.25, 0.3) is 0 Å². The monoisotopic (exact) mass is 240 g/mol. The second-order valence-electron chi connectivity index (χ2n) is 3.85. The number of hydrogen-bond acceptors (Lipinski definition) is 4. The number of rotatable bonds is 4. The highest BCUT2D eigenvalue weighted by Crippen LogP contribution is 2.09. The summed E-state index contributed by atoms with van der Waals surface area (Å²) in [5.74, 6) is -0.0685. The Kier molecular flexibility index (Phi) is 4.33. The summed E-state index contributed by atoms with van der Waals surface area (Å²) >= 11 is 1.59. The Morgan fingerprint density at radius 1 is 1.56 bits per heavy atom. The highest BCUT2D eigenvalue weighted by molar-refractivity contribution is 7.10. The van der Waals surface area contributed by atoms with Crippen LogP contribution in [0, 0.1) is 0 Å². The van der Waals surface area contributed by atoms with Crippen molar-refractivity contribution in [3.05, 3.63) is 22.4 Å². The quantitative estimate of drug-likeness (QED) is 0.775. The molecule has 1 aromatic heterocycles. The fourth-order valence-corrected chi connectivity index (χ4v) is 2.37. The van der Waals surface area contributed by atoms with Crippen LogP contribution in [0.2, 0.25) is 0 Å². The van der Waals surface area contributed by atoms with Crippen molar-refractivity contribution in [1.82, 2.24) is 10.8 Å². The SMILES string of the molecule is O=C(Cc1cccs1)NOC1CCNCC1. The largest absolute Gasteiger partial charge is 0.317 e. The summed E-state index contributed by atoms with van der Waals surface area (Å²) in [6.45, 7) is 1.93. The fourth-order valence-electron chi connectivity index (χ4n) is 1.67. The van der Waals surface area contributed by atoms with Gasteiger partial charge in [-0.05, 0) is 37.4 Å². The zero-order chi connectivity index (χ0) is 11.2. The minimum atomic E-state index is -0.0685. The predicted octanol–water partition coefficient (Wildman–Crippen LogP) is 1.09. The van der Waals surface area contributed by atoms with Gasteiger partial charge in [0.15, 0.2) is 0 Å². The van der Waals surface area contributed by atoms with Crippen LogP contribution in [0.15, 0.2) is 17.5 Å². The maximum absolute atomic E-state index is 11.5. The number of thiophene rings is 1. The molecular formula is C11H16N2O2S. The highest BCUT2D eigenvalue weighted by Gasteiger charge is 2.14. The lowest BCUT2D eigenvalue weighted by atomic mass is 10.1. The summed E-state index contributed by atoms with van der Waals surface area (Å²) < 4.78 is 0. The Hall–Kier alpha value is -0.910. The number of carbonyl (C=O) groups is 1. The minimum absolute atomic E-state index is 0.0685. The molecule has 4 nitrogen and oxygen atoms in total. The van der Waals surface area contributed by atoms with Crippen LogP contribution in [0.4, 0.5) is 0 Å². The molecule has 16 heavy (non-hydrogen) atoms. The molecule has 1 aliphatic rings. The summed E-state index contributed by atoms with van der Waals surface area (Å²) in [5, 5.41) is 5.22. The van der Waals surface area contributed by atoms with Gasteiger partial charge in [0, 0.05) is 4.88 Å². The van der Waals surface area contributed by atoms with E-state index >= 15 is 0 Å². The maximum atomic E-state index is 11.5. The van der Waals surface area contributed by atoms with E-state index in [1.165, 1.54) is 0 Å². The molecule has 0 atom stereocenters. The average molecular weight is 240 g/mol. The Bertz CT molecular complexity index is 321. The molecule has 1 amide bonds. The van der Waals surface area contributed by atoms with Gasteiger partial charge in [-0.3, -0.25) is 9.63 Å². The van der Waals surface area contributed by atoms with E-state index in [4.69, 9.17) is 4.84 Å². The Morgan fingerprint density at radius 3 is 3.06 bits per heavy atom.